The van der Waals surface area contributed by atoms with Gasteiger partial charge in [-0.1, -0.05) is 0 Å². The average molecular weight is 473 g/mol. The number of alkyl halides is 3. The monoisotopic (exact) mass is 473 g/mol. The Morgan fingerprint density at radius 2 is 1.87 bits per heavy atom. The second-order valence-electron chi connectivity index (χ2n) is 5.30. The van der Waals surface area contributed by atoms with Gasteiger partial charge in [-0.05, 0) is 33.1 Å². The number of unbranched alkanes of at least 4 members (excludes halogenated alkanes) is 1. The number of nitrogens with zero attached hydrogens (tertiary/aromatic N) is 1. The van der Waals surface area contributed by atoms with Gasteiger partial charge in [-0.15, -0.1) is 24.0 Å². The van der Waals surface area contributed by atoms with Crippen LogP contribution in [0.5, 0.6) is 0 Å². The van der Waals surface area contributed by atoms with Crippen molar-refractivity contribution in [3.63, 3.8) is 0 Å². The van der Waals surface area contributed by atoms with E-state index < -0.39 is 22.4 Å². The highest BCUT2D eigenvalue weighted by atomic mass is 127. The topological polar surface area (TPSA) is 70.6 Å². The number of halogens is 4. The molecule has 0 radical (unpaired) electrons. The Labute approximate surface area is 153 Å². The fourth-order valence-electron chi connectivity index (χ4n) is 1.64. The fourth-order valence-corrected chi connectivity index (χ4v) is 2.43. The molecule has 0 amide bonds. The minimum Gasteiger partial charge on any atom is -0.357 e. The lowest BCUT2D eigenvalue weighted by atomic mass is 10.2. The molecule has 0 aliphatic rings. The largest absolute Gasteiger partial charge is 0.389 e. The molecule has 0 aromatic carbocycles. The van der Waals surface area contributed by atoms with Crippen LogP contribution in [0.25, 0.3) is 0 Å². The summed E-state index contributed by atoms with van der Waals surface area (Å²) >= 11 is 0. The van der Waals surface area contributed by atoms with Crippen LogP contribution in [0.1, 0.15) is 39.5 Å². The van der Waals surface area contributed by atoms with Crippen LogP contribution in [0.4, 0.5) is 13.2 Å². The summed E-state index contributed by atoms with van der Waals surface area (Å²) in [5, 5.41) is 6.03. The summed E-state index contributed by atoms with van der Waals surface area (Å²) in [6.45, 7) is 4.63. The lowest BCUT2D eigenvalue weighted by Crippen LogP contribution is -2.42. The standard InChI is InChI=1S/C13H26F3N3O2S.HI/c1-4-17-12(18-9-6-5-8-13(14,15)16)19-11(2)7-10-22(3,20)21;/h11H,4-10H2,1-3H3,(H2,17,18,19);1H. The number of guanidine groups is 1. The lowest BCUT2D eigenvalue weighted by Gasteiger charge is -2.17. The number of sulfone groups is 1. The third-order valence-electron chi connectivity index (χ3n) is 2.79. The molecule has 0 fully saturated rings. The Morgan fingerprint density at radius 1 is 1.26 bits per heavy atom. The molecule has 0 aromatic heterocycles. The first-order chi connectivity index (χ1) is 10.0. The van der Waals surface area contributed by atoms with Gasteiger partial charge in [0.2, 0.25) is 0 Å². The summed E-state index contributed by atoms with van der Waals surface area (Å²) in [5.41, 5.74) is 0. The smallest absolute Gasteiger partial charge is 0.357 e. The Bertz CT molecular complexity index is 442. The van der Waals surface area contributed by atoms with Crippen LogP contribution in [-0.2, 0) is 9.84 Å². The van der Waals surface area contributed by atoms with Crippen LogP contribution in [0.3, 0.4) is 0 Å². The molecule has 0 aliphatic carbocycles. The molecule has 0 rings (SSSR count). The second kappa shape index (κ2) is 12.2. The fraction of sp³-hybridized carbons (Fsp3) is 0.923. The average Bonchev–Trinajstić information content (AvgIpc) is 2.34. The second-order valence-corrected chi connectivity index (χ2v) is 7.56. The molecule has 0 saturated carbocycles. The van der Waals surface area contributed by atoms with E-state index in [0.29, 0.717) is 31.9 Å². The molecule has 10 heteroatoms. The number of nitrogens with one attached hydrogen (secondary N) is 2. The lowest BCUT2D eigenvalue weighted by molar-refractivity contribution is -0.135. The van der Waals surface area contributed by atoms with Gasteiger partial charge in [0, 0.05) is 31.8 Å². The van der Waals surface area contributed by atoms with Crippen molar-refractivity contribution in [2.45, 2.75) is 51.7 Å². The van der Waals surface area contributed by atoms with E-state index >= 15 is 0 Å². The van der Waals surface area contributed by atoms with Crippen molar-refractivity contribution in [3.05, 3.63) is 0 Å². The van der Waals surface area contributed by atoms with Gasteiger partial charge < -0.3 is 10.6 Å². The van der Waals surface area contributed by atoms with E-state index in [-0.39, 0.29) is 42.2 Å². The van der Waals surface area contributed by atoms with Crippen LogP contribution in [0.2, 0.25) is 0 Å². The highest BCUT2D eigenvalue weighted by molar-refractivity contribution is 14.0. The first-order valence-corrected chi connectivity index (χ1v) is 9.39. The number of hydrogen-bond acceptors (Lipinski definition) is 3. The van der Waals surface area contributed by atoms with Gasteiger partial charge in [0.25, 0.3) is 0 Å². The summed E-state index contributed by atoms with van der Waals surface area (Å²) in [5.74, 6) is 0.571. The molecule has 0 spiro atoms. The first-order valence-electron chi connectivity index (χ1n) is 7.33. The Kier molecular flexibility index (Phi) is 13.2. The molecule has 1 atom stereocenters. The van der Waals surface area contributed by atoms with Crippen LogP contribution in [0.15, 0.2) is 4.99 Å². The van der Waals surface area contributed by atoms with Crippen molar-refractivity contribution in [2.75, 3.05) is 25.1 Å². The third-order valence-corrected chi connectivity index (χ3v) is 3.76. The van der Waals surface area contributed by atoms with Crippen molar-refractivity contribution >= 4 is 39.8 Å². The molecule has 140 valence electrons. The maximum absolute atomic E-state index is 12.0. The van der Waals surface area contributed by atoms with Crippen molar-refractivity contribution in [1.82, 2.24) is 10.6 Å². The number of aliphatic imine (C=N–C) groups is 1. The van der Waals surface area contributed by atoms with Crippen LogP contribution in [0, 0.1) is 0 Å². The highest BCUT2D eigenvalue weighted by Crippen LogP contribution is 2.21. The maximum Gasteiger partial charge on any atom is 0.389 e. The molecule has 0 heterocycles. The molecule has 23 heavy (non-hydrogen) atoms. The molecule has 0 aromatic rings. The van der Waals surface area contributed by atoms with E-state index in [1.807, 2.05) is 13.8 Å². The van der Waals surface area contributed by atoms with Crippen LogP contribution in [-0.4, -0.2) is 51.7 Å². The van der Waals surface area contributed by atoms with E-state index in [4.69, 9.17) is 0 Å². The third kappa shape index (κ3) is 17.9. The Morgan fingerprint density at radius 3 is 2.35 bits per heavy atom. The first kappa shape index (κ1) is 25.0. The van der Waals surface area contributed by atoms with E-state index in [1.54, 1.807) is 0 Å². The minimum atomic E-state index is -4.12. The zero-order valence-corrected chi connectivity index (χ0v) is 16.9. The summed E-state index contributed by atoms with van der Waals surface area (Å²) in [4.78, 5) is 4.20. The van der Waals surface area contributed by atoms with Crippen LogP contribution < -0.4 is 10.6 Å². The molecule has 0 saturated heterocycles. The van der Waals surface area contributed by atoms with Gasteiger partial charge in [-0.3, -0.25) is 4.99 Å². The Hall–Kier alpha value is -0.260. The highest BCUT2D eigenvalue weighted by Gasteiger charge is 2.25. The molecule has 5 nitrogen and oxygen atoms in total. The zero-order chi connectivity index (χ0) is 17.2. The molecule has 1 unspecified atom stereocenters. The van der Waals surface area contributed by atoms with Gasteiger partial charge in [0.05, 0.1) is 5.75 Å². The summed E-state index contributed by atoms with van der Waals surface area (Å²) < 4.78 is 58.2. The van der Waals surface area contributed by atoms with E-state index in [0.717, 1.165) is 0 Å². The SMILES string of the molecule is CCNC(=NCCCCC(F)(F)F)NC(C)CCS(C)(=O)=O.I. The molecule has 0 bridgehead atoms. The molecule has 0 aliphatic heterocycles. The summed E-state index contributed by atoms with van der Waals surface area (Å²) in [6.07, 6.45) is -2.88. The molecular weight excluding hydrogens is 446 g/mol. The maximum atomic E-state index is 12.0. The van der Waals surface area contributed by atoms with Gasteiger partial charge in [-0.2, -0.15) is 13.2 Å². The predicted octanol–water partition coefficient (Wildman–Crippen LogP) is 2.72. The van der Waals surface area contributed by atoms with E-state index in [1.165, 1.54) is 6.26 Å². The van der Waals surface area contributed by atoms with Crippen LogP contribution >= 0.6 is 24.0 Å². The van der Waals surface area contributed by atoms with Gasteiger partial charge >= 0.3 is 6.18 Å². The van der Waals surface area contributed by atoms with E-state index in [2.05, 4.69) is 15.6 Å². The van der Waals surface area contributed by atoms with Gasteiger partial charge in [0.15, 0.2) is 5.96 Å². The summed E-state index contributed by atoms with van der Waals surface area (Å²) in [7, 11) is -3.01. The number of hydrogen-bond donors (Lipinski definition) is 2. The zero-order valence-electron chi connectivity index (χ0n) is 13.7. The van der Waals surface area contributed by atoms with Gasteiger partial charge in [-0.25, -0.2) is 8.42 Å². The van der Waals surface area contributed by atoms with Crippen molar-refractivity contribution < 1.29 is 21.6 Å². The van der Waals surface area contributed by atoms with Gasteiger partial charge in [0.1, 0.15) is 9.84 Å². The number of rotatable bonds is 9. The molecular formula is C13H27F3IN3O2S. The normalized spacial score (nSPS) is 14.1. The minimum absolute atomic E-state index is 0. The quantitative estimate of drug-likeness (QED) is 0.234. The van der Waals surface area contributed by atoms with Crippen molar-refractivity contribution in [1.29, 1.82) is 0 Å². The predicted molar refractivity (Wildman–Crippen MR) is 98.2 cm³/mol. The summed E-state index contributed by atoms with van der Waals surface area (Å²) in [6, 6.07) is -0.0947. The van der Waals surface area contributed by atoms with Crippen molar-refractivity contribution in [2.24, 2.45) is 4.99 Å². The molecule has 2 N–H and O–H groups in total. The van der Waals surface area contributed by atoms with Crippen molar-refractivity contribution in [3.8, 4) is 0 Å². The van der Waals surface area contributed by atoms with E-state index in [9.17, 15) is 21.6 Å². The Balaban J connectivity index is 0.